The number of nitrogens with one attached hydrogen (secondary N) is 1. The lowest BCUT2D eigenvalue weighted by atomic mass is 10.1. The number of aryl methyl sites for hydroxylation is 1. The number of anilines is 1. The van der Waals surface area contributed by atoms with E-state index in [9.17, 15) is 4.79 Å². The van der Waals surface area contributed by atoms with Gasteiger partial charge in [-0.05, 0) is 36.8 Å². The summed E-state index contributed by atoms with van der Waals surface area (Å²) in [6, 6.07) is 15.1. The van der Waals surface area contributed by atoms with Gasteiger partial charge in [-0.3, -0.25) is 10.1 Å². The number of carbonyl (C=O) groups is 1. The highest BCUT2D eigenvalue weighted by Crippen LogP contribution is 2.27. The van der Waals surface area contributed by atoms with Gasteiger partial charge in [0.05, 0.1) is 11.6 Å². The van der Waals surface area contributed by atoms with Crippen LogP contribution in [0.2, 0.25) is 5.02 Å². The predicted octanol–water partition coefficient (Wildman–Crippen LogP) is 4.54. The zero-order valence-corrected chi connectivity index (χ0v) is 18.8. The minimum absolute atomic E-state index is 0.109. The van der Waals surface area contributed by atoms with Gasteiger partial charge in [0.15, 0.2) is 12.4 Å². The summed E-state index contributed by atoms with van der Waals surface area (Å²) in [5.41, 5.74) is 2.51. The number of amides is 1. The highest BCUT2D eigenvalue weighted by molar-refractivity contribution is 9.10. The summed E-state index contributed by atoms with van der Waals surface area (Å²) in [7, 11) is 0. The molecule has 0 bridgehead atoms. The molecule has 0 aliphatic heterocycles. The van der Waals surface area contributed by atoms with Gasteiger partial charge in [0.1, 0.15) is 12.1 Å². The molecule has 0 aliphatic carbocycles. The molecule has 31 heavy (non-hydrogen) atoms. The van der Waals surface area contributed by atoms with E-state index in [1.807, 2.05) is 37.3 Å². The summed E-state index contributed by atoms with van der Waals surface area (Å²) in [5, 5.41) is 11.6. The van der Waals surface area contributed by atoms with Crippen LogP contribution in [0.1, 0.15) is 21.6 Å². The molecular weight excluding hydrogens is 484 g/mol. The Hall–Kier alpha value is -3.17. The van der Waals surface area contributed by atoms with Gasteiger partial charge in [-0.25, -0.2) is 14.3 Å². The Morgan fingerprint density at radius 3 is 2.71 bits per heavy atom. The van der Waals surface area contributed by atoms with Crippen molar-refractivity contribution in [2.24, 2.45) is 0 Å². The third-order valence-electron chi connectivity index (χ3n) is 4.35. The van der Waals surface area contributed by atoms with Crippen molar-refractivity contribution in [1.82, 2.24) is 24.5 Å². The Balaban J connectivity index is 1.33. The summed E-state index contributed by atoms with van der Waals surface area (Å²) < 4.78 is 9.66. The molecule has 1 amide bonds. The molecule has 2 heterocycles. The Morgan fingerprint density at radius 2 is 1.94 bits per heavy atom. The smallest absolute Gasteiger partial charge is 0.278 e. The highest BCUT2D eigenvalue weighted by Gasteiger charge is 2.13. The van der Waals surface area contributed by atoms with Gasteiger partial charge in [-0.1, -0.05) is 57.4 Å². The number of aromatic nitrogens is 5. The molecule has 0 radical (unpaired) electrons. The quantitative estimate of drug-likeness (QED) is 0.402. The van der Waals surface area contributed by atoms with Crippen LogP contribution in [0.3, 0.4) is 0 Å². The largest absolute Gasteiger partial charge is 0.470 e. The zero-order chi connectivity index (χ0) is 21.8. The molecule has 0 fully saturated rings. The van der Waals surface area contributed by atoms with Gasteiger partial charge >= 0.3 is 0 Å². The number of carbonyl (C=O) groups excluding carboxylic acids is 1. The molecule has 4 rings (SSSR count). The fourth-order valence-corrected chi connectivity index (χ4v) is 3.48. The molecule has 0 atom stereocenters. The van der Waals surface area contributed by atoms with Crippen molar-refractivity contribution in [2.45, 2.75) is 20.2 Å². The molecule has 0 saturated carbocycles. The Labute approximate surface area is 191 Å². The number of benzene rings is 2. The van der Waals surface area contributed by atoms with E-state index in [1.165, 1.54) is 10.2 Å². The van der Waals surface area contributed by atoms with Gasteiger partial charge in [0.25, 0.3) is 5.91 Å². The van der Waals surface area contributed by atoms with Gasteiger partial charge in [-0.2, -0.15) is 5.10 Å². The minimum atomic E-state index is -0.409. The topological polar surface area (TPSA) is 86.9 Å². The van der Waals surface area contributed by atoms with Gasteiger partial charge in [0, 0.05) is 10.7 Å². The number of hydrogen-bond acceptors (Lipinski definition) is 5. The summed E-state index contributed by atoms with van der Waals surface area (Å²) in [6.45, 7) is 2.71. The summed E-state index contributed by atoms with van der Waals surface area (Å²) >= 11 is 9.48. The molecule has 4 aromatic rings. The first-order chi connectivity index (χ1) is 15.0. The molecule has 0 unspecified atom stereocenters. The lowest BCUT2D eigenvalue weighted by Gasteiger charge is -2.08. The van der Waals surface area contributed by atoms with Crippen LogP contribution in [0.5, 0.6) is 5.75 Å². The van der Waals surface area contributed by atoms with Crippen LogP contribution in [0.25, 0.3) is 0 Å². The van der Waals surface area contributed by atoms with Gasteiger partial charge < -0.3 is 4.74 Å². The molecule has 158 valence electrons. The molecule has 2 aromatic heterocycles. The Morgan fingerprint density at radius 1 is 1.13 bits per heavy atom. The first kappa shape index (κ1) is 21.1. The highest BCUT2D eigenvalue weighted by atomic mass is 79.9. The van der Waals surface area contributed by atoms with Crippen molar-refractivity contribution in [3.05, 3.63) is 87.4 Å². The number of hydrogen-bond donors (Lipinski definition) is 1. The fraction of sp³-hybridized carbons (Fsp3) is 0.143. The van der Waals surface area contributed by atoms with Crippen molar-refractivity contribution in [1.29, 1.82) is 0 Å². The molecule has 0 saturated heterocycles. The Kier molecular flexibility index (Phi) is 6.34. The van der Waals surface area contributed by atoms with Crippen LogP contribution >= 0.6 is 27.5 Å². The SMILES string of the molecule is Cc1ccc(Cn2cnc(NC(=O)c3ccn(COc4ccc(Br)cc4Cl)n3)n2)cc1. The second-order valence-corrected chi connectivity index (χ2v) is 8.12. The van der Waals surface area contributed by atoms with E-state index in [1.54, 1.807) is 35.4 Å². The molecule has 0 aliphatic rings. The number of nitrogens with zero attached hydrogens (tertiary/aromatic N) is 5. The van der Waals surface area contributed by atoms with E-state index in [4.69, 9.17) is 16.3 Å². The van der Waals surface area contributed by atoms with E-state index in [0.717, 1.165) is 10.0 Å². The average Bonchev–Trinajstić information content (AvgIpc) is 3.39. The molecular formula is C21H18BrClN6O2. The fourth-order valence-electron chi connectivity index (χ4n) is 2.76. The third kappa shape index (κ3) is 5.50. The van der Waals surface area contributed by atoms with Crippen molar-refractivity contribution in [3.8, 4) is 5.75 Å². The van der Waals surface area contributed by atoms with E-state index in [-0.39, 0.29) is 18.4 Å². The summed E-state index contributed by atoms with van der Waals surface area (Å²) in [4.78, 5) is 16.6. The van der Waals surface area contributed by atoms with Gasteiger partial charge in [0.2, 0.25) is 5.95 Å². The average molecular weight is 502 g/mol. The zero-order valence-electron chi connectivity index (χ0n) is 16.5. The molecule has 1 N–H and O–H groups in total. The lowest BCUT2D eigenvalue weighted by Crippen LogP contribution is -2.15. The molecule has 10 heteroatoms. The monoisotopic (exact) mass is 500 g/mol. The predicted molar refractivity (Wildman–Crippen MR) is 120 cm³/mol. The standard InChI is InChI=1S/C21H18BrClN6O2/c1-14-2-4-15(5-3-14)11-29-12-24-21(27-29)25-20(30)18-8-9-28(26-18)13-31-19-7-6-16(22)10-17(19)23/h2-10,12H,11,13H2,1H3,(H,25,27,30). The second-order valence-electron chi connectivity index (χ2n) is 6.79. The van der Waals surface area contributed by atoms with Gasteiger partial charge in [-0.15, -0.1) is 5.10 Å². The molecule has 8 nitrogen and oxygen atoms in total. The van der Waals surface area contributed by atoms with Crippen LogP contribution in [0.15, 0.2) is 65.5 Å². The third-order valence-corrected chi connectivity index (χ3v) is 5.14. The van der Waals surface area contributed by atoms with Crippen molar-refractivity contribution in [2.75, 3.05) is 5.32 Å². The van der Waals surface area contributed by atoms with E-state index >= 15 is 0 Å². The van der Waals surface area contributed by atoms with E-state index in [0.29, 0.717) is 17.3 Å². The van der Waals surface area contributed by atoms with E-state index in [2.05, 4.69) is 36.4 Å². The maximum Gasteiger partial charge on any atom is 0.278 e. The minimum Gasteiger partial charge on any atom is -0.470 e. The molecule has 0 spiro atoms. The first-order valence-corrected chi connectivity index (χ1v) is 10.5. The summed E-state index contributed by atoms with van der Waals surface area (Å²) in [6.07, 6.45) is 3.22. The number of ether oxygens (including phenoxy) is 1. The normalized spacial score (nSPS) is 10.8. The Bertz CT molecular complexity index is 1200. The lowest BCUT2D eigenvalue weighted by molar-refractivity contribution is 0.101. The maximum atomic E-state index is 12.5. The van der Waals surface area contributed by atoms with Crippen LogP contribution in [0.4, 0.5) is 5.95 Å². The molecule has 2 aromatic carbocycles. The van der Waals surface area contributed by atoms with Crippen LogP contribution in [0, 0.1) is 6.92 Å². The summed E-state index contributed by atoms with van der Waals surface area (Å²) in [5.74, 6) is 0.327. The maximum absolute atomic E-state index is 12.5. The van der Waals surface area contributed by atoms with E-state index < -0.39 is 5.91 Å². The van der Waals surface area contributed by atoms with Crippen LogP contribution < -0.4 is 10.1 Å². The van der Waals surface area contributed by atoms with Crippen LogP contribution in [-0.2, 0) is 13.3 Å². The van der Waals surface area contributed by atoms with Crippen molar-refractivity contribution >= 4 is 39.4 Å². The number of rotatable bonds is 7. The number of halogens is 2. The van der Waals surface area contributed by atoms with Crippen molar-refractivity contribution < 1.29 is 9.53 Å². The van der Waals surface area contributed by atoms with Crippen molar-refractivity contribution in [3.63, 3.8) is 0 Å². The second kappa shape index (κ2) is 9.32. The first-order valence-electron chi connectivity index (χ1n) is 9.34. The van der Waals surface area contributed by atoms with Crippen LogP contribution in [-0.4, -0.2) is 30.5 Å².